The summed E-state index contributed by atoms with van der Waals surface area (Å²) in [5.74, 6) is -0.694. The van der Waals surface area contributed by atoms with Gasteiger partial charge < -0.3 is 14.7 Å². The van der Waals surface area contributed by atoms with E-state index < -0.39 is 21.9 Å². The number of β-amino-alcohol motifs (C(OH)–C–C–N with tert-alkyl or cyclic N) is 1. The van der Waals surface area contributed by atoms with Crippen LogP contribution in [0.25, 0.3) is 0 Å². The Kier molecular flexibility index (Phi) is 4.99. The molecular formula is C14H18ClNO5S. The van der Waals surface area contributed by atoms with Gasteiger partial charge >= 0.3 is 5.97 Å². The molecule has 2 rings (SSSR count). The molecule has 0 amide bonds. The smallest absolute Gasteiger partial charge is 0.339 e. The minimum Gasteiger partial charge on any atom is -0.465 e. The number of hydrogen-bond donors (Lipinski definition) is 1. The molecule has 1 fully saturated rings. The van der Waals surface area contributed by atoms with Gasteiger partial charge in [0.2, 0.25) is 0 Å². The highest BCUT2D eigenvalue weighted by Gasteiger charge is 2.26. The number of rotatable bonds is 3. The minimum atomic E-state index is -3.57. The Bertz CT molecular complexity index is 689. The monoisotopic (exact) mass is 347 g/mol. The van der Waals surface area contributed by atoms with Crippen molar-refractivity contribution in [1.82, 2.24) is 0 Å². The van der Waals surface area contributed by atoms with Crippen LogP contribution in [0.4, 0.5) is 5.69 Å². The second-order valence-electron chi connectivity index (χ2n) is 5.31. The third-order valence-corrected chi connectivity index (χ3v) is 5.03. The van der Waals surface area contributed by atoms with Crippen molar-refractivity contribution in [2.45, 2.75) is 23.8 Å². The third kappa shape index (κ3) is 3.53. The van der Waals surface area contributed by atoms with Crippen LogP contribution < -0.4 is 4.90 Å². The molecule has 0 spiro atoms. The first-order chi connectivity index (χ1) is 10.2. The van der Waals surface area contributed by atoms with E-state index in [1.54, 1.807) is 4.90 Å². The fourth-order valence-corrected chi connectivity index (χ4v) is 3.66. The summed E-state index contributed by atoms with van der Waals surface area (Å²) in [5, 5.41) is 9.91. The van der Waals surface area contributed by atoms with E-state index in [0.717, 1.165) is 12.7 Å². The Morgan fingerprint density at radius 1 is 1.45 bits per heavy atom. The fourth-order valence-electron chi connectivity index (χ4n) is 2.53. The van der Waals surface area contributed by atoms with Crippen LogP contribution in [0.1, 0.15) is 23.2 Å². The molecule has 1 aromatic rings. The molecule has 22 heavy (non-hydrogen) atoms. The molecular weight excluding hydrogens is 330 g/mol. The first-order valence-corrected chi connectivity index (χ1v) is 9.06. The quantitative estimate of drug-likeness (QED) is 0.834. The predicted octanol–water partition coefficient (Wildman–Crippen LogP) is 1.49. The number of anilines is 1. The largest absolute Gasteiger partial charge is 0.465 e. The zero-order valence-corrected chi connectivity index (χ0v) is 13.9. The minimum absolute atomic E-state index is 0.00546. The van der Waals surface area contributed by atoms with Crippen LogP contribution in [0.2, 0.25) is 5.02 Å². The number of hydrogen-bond acceptors (Lipinski definition) is 6. The van der Waals surface area contributed by atoms with Crippen molar-refractivity contribution < 1.29 is 23.1 Å². The van der Waals surface area contributed by atoms with Crippen LogP contribution in [-0.2, 0) is 14.6 Å². The first-order valence-electron chi connectivity index (χ1n) is 6.79. The highest BCUT2D eigenvalue weighted by Crippen LogP contribution is 2.33. The third-order valence-electron chi connectivity index (χ3n) is 3.59. The van der Waals surface area contributed by atoms with Gasteiger partial charge in [-0.25, -0.2) is 13.2 Å². The van der Waals surface area contributed by atoms with Crippen molar-refractivity contribution in [3.05, 3.63) is 22.7 Å². The molecule has 8 heteroatoms. The maximum atomic E-state index is 12.1. The Hall–Kier alpha value is -1.31. The summed E-state index contributed by atoms with van der Waals surface area (Å²) < 4.78 is 28.8. The van der Waals surface area contributed by atoms with Gasteiger partial charge in [-0.1, -0.05) is 11.6 Å². The van der Waals surface area contributed by atoms with Crippen LogP contribution in [-0.4, -0.2) is 52.1 Å². The summed E-state index contributed by atoms with van der Waals surface area (Å²) in [6.07, 6.45) is 1.99. The molecule has 1 atom stereocenters. The Morgan fingerprint density at radius 2 is 2.14 bits per heavy atom. The summed E-state index contributed by atoms with van der Waals surface area (Å²) in [4.78, 5) is 13.5. The van der Waals surface area contributed by atoms with Gasteiger partial charge in [-0.15, -0.1) is 0 Å². The standard InChI is InChI=1S/C14H18ClNO5S/c1-21-14(18)10-6-13(22(2,19)20)12(7-11(10)15)16-5-3-4-9(17)8-16/h6-7,9,17H,3-5,8H2,1-2H3. The number of methoxy groups -OCH3 is 1. The number of carbonyl (C=O) groups is 1. The van der Waals surface area contributed by atoms with Crippen molar-refractivity contribution in [1.29, 1.82) is 0 Å². The topological polar surface area (TPSA) is 83.9 Å². The molecule has 1 N–H and O–H groups in total. The number of aliphatic hydroxyl groups is 1. The molecule has 0 aliphatic carbocycles. The van der Waals surface area contributed by atoms with E-state index in [-0.39, 0.29) is 15.5 Å². The summed E-state index contributed by atoms with van der Waals surface area (Å²) in [5.41, 5.74) is 0.407. The number of carbonyl (C=O) groups excluding carboxylic acids is 1. The molecule has 0 saturated carbocycles. The number of piperidine rings is 1. The molecule has 1 unspecified atom stereocenters. The number of nitrogens with zero attached hydrogens (tertiary/aromatic N) is 1. The zero-order chi connectivity index (χ0) is 16.5. The zero-order valence-electron chi connectivity index (χ0n) is 12.4. The van der Waals surface area contributed by atoms with Gasteiger partial charge in [0.25, 0.3) is 0 Å². The first kappa shape index (κ1) is 17.1. The molecule has 0 aromatic heterocycles. The van der Waals surface area contributed by atoms with Crippen molar-refractivity contribution in [2.24, 2.45) is 0 Å². The average molecular weight is 348 g/mol. The second-order valence-corrected chi connectivity index (χ2v) is 7.70. The molecule has 122 valence electrons. The normalized spacial score (nSPS) is 19.1. The SMILES string of the molecule is COC(=O)c1cc(S(C)(=O)=O)c(N2CCCC(O)C2)cc1Cl. The van der Waals surface area contributed by atoms with Gasteiger partial charge in [-0.2, -0.15) is 0 Å². The fraction of sp³-hybridized carbons (Fsp3) is 0.500. The number of sulfone groups is 1. The lowest BCUT2D eigenvalue weighted by molar-refractivity contribution is 0.0600. The highest BCUT2D eigenvalue weighted by molar-refractivity contribution is 7.90. The summed E-state index contributed by atoms with van der Waals surface area (Å²) >= 11 is 6.10. The van der Waals surface area contributed by atoms with Gasteiger partial charge in [0.05, 0.1) is 34.4 Å². The Morgan fingerprint density at radius 3 is 2.68 bits per heavy atom. The summed E-state index contributed by atoms with van der Waals surface area (Å²) in [6.45, 7) is 0.948. The number of halogens is 1. The van der Waals surface area contributed by atoms with E-state index in [4.69, 9.17) is 11.6 Å². The molecule has 1 heterocycles. The van der Waals surface area contributed by atoms with Gasteiger partial charge in [0.1, 0.15) is 0 Å². The second kappa shape index (κ2) is 6.44. The van der Waals surface area contributed by atoms with Crippen LogP contribution in [0.15, 0.2) is 17.0 Å². The summed E-state index contributed by atoms with van der Waals surface area (Å²) in [7, 11) is -2.37. The van der Waals surface area contributed by atoms with Gasteiger partial charge in [0.15, 0.2) is 9.84 Å². The maximum Gasteiger partial charge on any atom is 0.339 e. The Balaban J connectivity index is 2.58. The van der Waals surface area contributed by atoms with E-state index in [1.165, 1.54) is 19.2 Å². The predicted molar refractivity (Wildman–Crippen MR) is 83.4 cm³/mol. The van der Waals surface area contributed by atoms with Crippen LogP contribution in [0.3, 0.4) is 0 Å². The lowest BCUT2D eigenvalue weighted by Crippen LogP contribution is -2.39. The molecule has 0 bridgehead atoms. The van der Waals surface area contributed by atoms with E-state index in [9.17, 15) is 18.3 Å². The molecule has 1 aromatic carbocycles. The van der Waals surface area contributed by atoms with Gasteiger partial charge in [0, 0.05) is 19.3 Å². The van der Waals surface area contributed by atoms with E-state index in [0.29, 0.717) is 25.2 Å². The average Bonchev–Trinajstić information content (AvgIpc) is 2.45. The number of ether oxygens (including phenoxy) is 1. The van der Waals surface area contributed by atoms with Crippen LogP contribution in [0, 0.1) is 0 Å². The highest BCUT2D eigenvalue weighted by atomic mass is 35.5. The lowest BCUT2D eigenvalue weighted by atomic mass is 10.1. The van der Waals surface area contributed by atoms with Crippen molar-refractivity contribution >= 4 is 33.1 Å². The summed E-state index contributed by atoms with van der Waals surface area (Å²) in [6, 6.07) is 2.68. The van der Waals surface area contributed by atoms with Crippen molar-refractivity contribution in [3.63, 3.8) is 0 Å². The van der Waals surface area contributed by atoms with Crippen LogP contribution in [0.5, 0.6) is 0 Å². The molecule has 1 aliphatic rings. The van der Waals surface area contributed by atoms with E-state index >= 15 is 0 Å². The lowest BCUT2D eigenvalue weighted by Gasteiger charge is -2.33. The molecule has 1 saturated heterocycles. The Labute approximate surface area is 134 Å². The number of aliphatic hydroxyl groups excluding tert-OH is 1. The van der Waals surface area contributed by atoms with E-state index in [1.807, 2.05) is 0 Å². The maximum absolute atomic E-state index is 12.1. The van der Waals surface area contributed by atoms with Gasteiger partial charge in [-0.05, 0) is 25.0 Å². The molecule has 1 aliphatic heterocycles. The van der Waals surface area contributed by atoms with E-state index in [2.05, 4.69) is 4.74 Å². The number of esters is 1. The molecule has 6 nitrogen and oxygen atoms in total. The van der Waals surface area contributed by atoms with Crippen molar-refractivity contribution in [2.75, 3.05) is 31.4 Å². The van der Waals surface area contributed by atoms with Crippen LogP contribution >= 0.6 is 11.6 Å². The van der Waals surface area contributed by atoms with Gasteiger partial charge in [-0.3, -0.25) is 0 Å². The van der Waals surface area contributed by atoms with Crippen molar-refractivity contribution in [3.8, 4) is 0 Å². The number of benzene rings is 1. The molecule has 0 radical (unpaired) electrons.